The molecular weight excluding hydrogens is 661 g/mol. The zero-order valence-electron chi connectivity index (χ0n) is 36.0. The second-order valence-electron chi connectivity index (χ2n) is 16.5. The molecule has 0 aliphatic heterocycles. The van der Waals surface area contributed by atoms with Crippen LogP contribution in [0.15, 0.2) is 0 Å². The monoisotopic (exact) mass is 751 g/mol. The van der Waals surface area contributed by atoms with Gasteiger partial charge in [0.15, 0.2) is 6.10 Å². The fraction of sp³-hybridized carbons (Fsp3) is 0.936. The first-order valence-corrected chi connectivity index (χ1v) is 23.4. The molecule has 0 amide bonds. The Hall–Kier alpha value is -1.59. The van der Waals surface area contributed by atoms with Crippen LogP contribution in [0.1, 0.15) is 259 Å². The van der Waals surface area contributed by atoms with Crippen LogP contribution >= 0.6 is 0 Å². The van der Waals surface area contributed by atoms with Crippen molar-refractivity contribution < 1.29 is 28.6 Å². The van der Waals surface area contributed by atoms with Crippen molar-refractivity contribution in [3.05, 3.63) is 0 Å². The summed E-state index contributed by atoms with van der Waals surface area (Å²) in [6, 6.07) is 0. The maximum Gasteiger partial charge on any atom is 0.306 e. The van der Waals surface area contributed by atoms with Crippen molar-refractivity contribution in [3.63, 3.8) is 0 Å². The van der Waals surface area contributed by atoms with E-state index >= 15 is 0 Å². The molecule has 0 aromatic carbocycles. The van der Waals surface area contributed by atoms with Crippen LogP contribution in [0.3, 0.4) is 0 Å². The molecule has 0 bridgehead atoms. The van der Waals surface area contributed by atoms with Gasteiger partial charge in [-0.25, -0.2) is 0 Å². The minimum atomic E-state index is -0.758. The fourth-order valence-corrected chi connectivity index (χ4v) is 6.98. The van der Waals surface area contributed by atoms with Gasteiger partial charge in [-0.2, -0.15) is 0 Å². The molecule has 0 saturated carbocycles. The number of esters is 3. The molecule has 0 aromatic rings. The van der Waals surface area contributed by atoms with Crippen molar-refractivity contribution in [2.75, 3.05) is 13.2 Å². The van der Waals surface area contributed by atoms with Crippen LogP contribution in [0.25, 0.3) is 0 Å². The SMILES string of the molecule is CCCCCCCCCCCCCC(=O)OC[C@H](COC(=O)CCCCCCCCCCC)OC(=O)CCCCCCCCCCCCCCC(C)C. The molecule has 0 aliphatic carbocycles. The summed E-state index contributed by atoms with van der Waals surface area (Å²) in [5.41, 5.74) is 0. The van der Waals surface area contributed by atoms with Crippen molar-refractivity contribution in [3.8, 4) is 0 Å². The van der Waals surface area contributed by atoms with Crippen molar-refractivity contribution in [1.82, 2.24) is 0 Å². The van der Waals surface area contributed by atoms with Crippen LogP contribution in [0, 0.1) is 5.92 Å². The van der Waals surface area contributed by atoms with Gasteiger partial charge in [-0.1, -0.05) is 220 Å². The molecule has 0 N–H and O–H groups in total. The lowest BCUT2D eigenvalue weighted by Gasteiger charge is -2.18. The van der Waals surface area contributed by atoms with E-state index in [0.29, 0.717) is 19.3 Å². The molecule has 53 heavy (non-hydrogen) atoms. The molecule has 0 saturated heterocycles. The molecule has 0 heterocycles. The summed E-state index contributed by atoms with van der Waals surface area (Å²) in [5, 5.41) is 0. The highest BCUT2D eigenvalue weighted by molar-refractivity contribution is 5.71. The second-order valence-corrected chi connectivity index (χ2v) is 16.5. The highest BCUT2D eigenvalue weighted by Crippen LogP contribution is 2.16. The Kier molecular flexibility index (Phi) is 40.3. The van der Waals surface area contributed by atoms with E-state index in [4.69, 9.17) is 14.2 Å². The van der Waals surface area contributed by atoms with Crippen LogP contribution in [0.5, 0.6) is 0 Å². The molecule has 0 fully saturated rings. The Morgan fingerprint density at radius 1 is 0.358 bits per heavy atom. The van der Waals surface area contributed by atoms with Gasteiger partial charge in [-0.05, 0) is 25.2 Å². The van der Waals surface area contributed by atoms with E-state index in [1.54, 1.807) is 0 Å². The van der Waals surface area contributed by atoms with Gasteiger partial charge in [0.2, 0.25) is 0 Å². The Balaban J connectivity index is 4.30. The summed E-state index contributed by atoms with van der Waals surface area (Å²) in [4.78, 5) is 37.7. The number of carbonyl (C=O) groups excluding carboxylic acids is 3. The molecule has 0 rings (SSSR count). The minimum absolute atomic E-state index is 0.0636. The number of ether oxygens (including phenoxy) is 3. The van der Waals surface area contributed by atoms with Gasteiger partial charge in [-0.15, -0.1) is 0 Å². The molecule has 0 radical (unpaired) electrons. The first-order valence-electron chi connectivity index (χ1n) is 23.4. The summed E-state index contributed by atoms with van der Waals surface area (Å²) in [7, 11) is 0. The molecule has 6 nitrogen and oxygen atoms in total. The van der Waals surface area contributed by atoms with Crippen LogP contribution in [0.4, 0.5) is 0 Å². The van der Waals surface area contributed by atoms with E-state index < -0.39 is 6.10 Å². The van der Waals surface area contributed by atoms with E-state index in [9.17, 15) is 14.4 Å². The first kappa shape index (κ1) is 51.4. The van der Waals surface area contributed by atoms with E-state index in [0.717, 1.165) is 63.7 Å². The topological polar surface area (TPSA) is 78.9 Å². The van der Waals surface area contributed by atoms with Crippen LogP contribution in [0.2, 0.25) is 0 Å². The van der Waals surface area contributed by atoms with Gasteiger partial charge >= 0.3 is 17.9 Å². The Morgan fingerprint density at radius 3 is 0.925 bits per heavy atom. The summed E-state index contributed by atoms with van der Waals surface area (Å²) >= 11 is 0. The number of carbonyl (C=O) groups is 3. The average molecular weight is 751 g/mol. The second kappa shape index (κ2) is 41.6. The fourth-order valence-electron chi connectivity index (χ4n) is 6.98. The quantitative estimate of drug-likeness (QED) is 0.0351. The van der Waals surface area contributed by atoms with E-state index in [-0.39, 0.29) is 31.1 Å². The molecule has 0 spiro atoms. The zero-order valence-corrected chi connectivity index (χ0v) is 36.0. The largest absolute Gasteiger partial charge is 0.462 e. The zero-order chi connectivity index (χ0) is 38.9. The Bertz CT molecular complexity index is 796. The lowest BCUT2D eigenvalue weighted by Crippen LogP contribution is -2.30. The van der Waals surface area contributed by atoms with E-state index in [1.807, 2.05) is 0 Å². The third-order valence-electron chi connectivity index (χ3n) is 10.5. The molecule has 314 valence electrons. The van der Waals surface area contributed by atoms with Crippen molar-refractivity contribution in [1.29, 1.82) is 0 Å². The highest BCUT2D eigenvalue weighted by Gasteiger charge is 2.19. The third kappa shape index (κ3) is 41.4. The predicted octanol–water partition coefficient (Wildman–Crippen LogP) is 14.7. The first-order chi connectivity index (χ1) is 25.9. The number of hydrogen-bond donors (Lipinski definition) is 0. The molecule has 0 aliphatic rings. The molecule has 6 heteroatoms. The molecular formula is C47H90O6. The average Bonchev–Trinajstić information content (AvgIpc) is 3.14. The lowest BCUT2D eigenvalue weighted by molar-refractivity contribution is -0.167. The normalized spacial score (nSPS) is 11.9. The van der Waals surface area contributed by atoms with Crippen molar-refractivity contribution >= 4 is 17.9 Å². The minimum Gasteiger partial charge on any atom is -0.462 e. The van der Waals surface area contributed by atoms with Crippen LogP contribution < -0.4 is 0 Å². The standard InChI is InChI=1S/C47H90O6/c1-5-7-9-11-13-15-18-23-27-31-35-39-46(49)52-42-44(41-51-45(48)38-34-30-26-21-14-12-10-8-6-2)53-47(50)40-36-32-28-24-20-17-16-19-22-25-29-33-37-43(3)4/h43-44H,5-42H2,1-4H3/t44-/m0/s1. The summed E-state index contributed by atoms with van der Waals surface area (Å²) < 4.78 is 16.7. The van der Waals surface area contributed by atoms with Gasteiger partial charge < -0.3 is 14.2 Å². The maximum absolute atomic E-state index is 12.7. The van der Waals surface area contributed by atoms with Crippen LogP contribution in [-0.2, 0) is 28.6 Å². The summed E-state index contributed by atoms with van der Waals surface area (Å²) in [6.45, 7) is 8.98. The smallest absolute Gasteiger partial charge is 0.306 e. The third-order valence-corrected chi connectivity index (χ3v) is 10.5. The number of rotatable bonds is 42. The van der Waals surface area contributed by atoms with E-state index in [1.165, 1.54) is 154 Å². The molecule has 0 aromatic heterocycles. The van der Waals surface area contributed by atoms with Gasteiger partial charge in [0.25, 0.3) is 0 Å². The van der Waals surface area contributed by atoms with Crippen molar-refractivity contribution in [2.45, 2.75) is 265 Å². The Morgan fingerprint density at radius 2 is 0.623 bits per heavy atom. The predicted molar refractivity (Wildman–Crippen MR) is 224 cm³/mol. The summed E-state index contributed by atoms with van der Waals surface area (Å²) in [6.07, 6.45) is 40.8. The number of unbranched alkanes of at least 4 members (excludes halogenated alkanes) is 29. The molecule has 1 atom stereocenters. The van der Waals surface area contributed by atoms with Gasteiger partial charge in [0, 0.05) is 19.3 Å². The highest BCUT2D eigenvalue weighted by atomic mass is 16.6. The molecule has 0 unspecified atom stereocenters. The van der Waals surface area contributed by atoms with Gasteiger partial charge in [-0.3, -0.25) is 14.4 Å². The van der Waals surface area contributed by atoms with Gasteiger partial charge in [0.1, 0.15) is 13.2 Å². The van der Waals surface area contributed by atoms with E-state index in [2.05, 4.69) is 27.7 Å². The Labute approximate surface area is 329 Å². The number of hydrogen-bond acceptors (Lipinski definition) is 6. The maximum atomic E-state index is 12.7. The van der Waals surface area contributed by atoms with Crippen molar-refractivity contribution in [2.24, 2.45) is 5.92 Å². The summed E-state index contributed by atoms with van der Waals surface area (Å²) in [5.74, 6) is -0.0226. The van der Waals surface area contributed by atoms with Crippen LogP contribution in [-0.4, -0.2) is 37.2 Å². The lowest BCUT2D eigenvalue weighted by atomic mass is 10.0. The van der Waals surface area contributed by atoms with Gasteiger partial charge in [0.05, 0.1) is 0 Å².